The fourth-order valence-electron chi connectivity index (χ4n) is 2.00. The lowest BCUT2D eigenvalue weighted by atomic mass is 10.1. The van der Waals surface area contributed by atoms with E-state index in [1.54, 1.807) is 19.4 Å². The van der Waals surface area contributed by atoms with Crippen LogP contribution < -0.4 is 15.2 Å². The standard InChI is InChI=1S/C15H18N2O2/c1-4-5-8-19-15-12(18-3)9-11(16)14-13(15)10(2)6-7-17-14/h4,6-7,9H,1,5,8,16H2,2-3H3. The predicted octanol–water partition coefficient (Wildman–Crippen LogP) is 3.09. The van der Waals surface area contributed by atoms with Crippen LogP contribution in [0.3, 0.4) is 0 Å². The van der Waals surface area contributed by atoms with Crippen molar-refractivity contribution in [3.63, 3.8) is 0 Å². The second-order valence-corrected chi connectivity index (χ2v) is 4.27. The Hall–Kier alpha value is -2.23. The molecule has 0 saturated carbocycles. The smallest absolute Gasteiger partial charge is 0.170 e. The maximum Gasteiger partial charge on any atom is 0.170 e. The Kier molecular flexibility index (Phi) is 3.90. The van der Waals surface area contributed by atoms with Crippen LogP contribution in [0.2, 0.25) is 0 Å². The van der Waals surface area contributed by atoms with Gasteiger partial charge in [0.2, 0.25) is 0 Å². The van der Waals surface area contributed by atoms with Crippen LogP contribution in [-0.4, -0.2) is 18.7 Å². The summed E-state index contributed by atoms with van der Waals surface area (Å²) in [5.41, 5.74) is 8.40. The van der Waals surface area contributed by atoms with Crippen LogP contribution in [0.25, 0.3) is 10.9 Å². The summed E-state index contributed by atoms with van der Waals surface area (Å²) in [6.07, 6.45) is 4.33. The average Bonchev–Trinajstić information content (AvgIpc) is 2.41. The largest absolute Gasteiger partial charge is 0.493 e. The zero-order valence-electron chi connectivity index (χ0n) is 11.3. The normalized spacial score (nSPS) is 10.4. The molecular formula is C15H18N2O2. The molecule has 2 aromatic rings. The Morgan fingerprint density at radius 3 is 2.95 bits per heavy atom. The van der Waals surface area contributed by atoms with Crippen molar-refractivity contribution in [1.29, 1.82) is 0 Å². The molecule has 1 aromatic carbocycles. The lowest BCUT2D eigenvalue weighted by Gasteiger charge is -2.15. The number of rotatable bonds is 5. The van der Waals surface area contributed by atoms with Crippen molar-refractivity contribution in [3.05, 3.63) is 36.5 Å². The number of fused-ring (bicyclic) bond motifs is 1. The zero-order chi connectivity index (χ0) is 13.8. The maximum absolute atomic E-state index is 6.01. The van der Waals surface area contributed by atoms with Crippen LogP contribution in [0.4, 0.5) is 5.69 Å². The molecule has 0 radical (unpaired) electrons. The second kappa shape index (κ2) is 5.61. The number of aryl methyl sites for hydroxylation is 1. The zero-order valence-corrected chi connectivity index (χ0v) is 11.3. The highest BCUT2D eigenvalue weighted by Crippen LogP contribution is 2.39. The first-order chi connectivity index (χ1) is 9.19. The molecule has 0 bridgehead atoms. The second-order valence-electron chi connectivity index (χ2n) is 4.27. The lowest BCUT2D eigenvalue weighted by molar-refractivity contribution is 0.304. The van der Waals surface area contributed by atoms with Gasteiger partial charge in [0.25, 0.3) is 0 Å². The van der Waals surface area contributed by atoms with Crippen LogP contribution in [-0.2, 0) is 0 Å². The number of benzene rings is 1. The molecule has 1 aromatic heterocycles. The third-order valence-corrected chi connectivity index (χ3v) is 2.96. The van der Waals surface area contributed by atoms with Crippen molar-refractivity contribution in [2.45, 2.75) is 13.3 Å². The molecule has 2 N–H and O–H groups in total. The Morgan fingerprint density at radius 2 is 2.26 bits per heavy atom. The molecule has 0 unspecified atom stereocenters. The van der Waals surface area contributed by atoms with Gasteiger partial charge in [-0.2, -0.15) is 0 Å². The quantitative estimate of drug-likeness (QED) is 0.508. The number of methoxy groups -OCH3 is 1. The van der Waals surface area contributed by atoms with Gasteiger partial charge in [-0.1, -0.05) is 6.08 Å². The molecule has 0 saturated heterocycles. The number of hydrogen-bond acceptors (Lipinski definition) is 4. The van der Waals surface area contributed by atoms with Gasteiger partial charge in [0, 0.05) is 12.3 Å². The highest BCUT2D eigenvalue weighted by Gasteiger charge is 2.15. The summed E-state index contributed by atoms with van der Waals surface area (Å²) in [6, 6.07) is 3.68. The third kappa shape index (κ3) is 2.47. The fraction of sp³-hybridized carbons (Fsp3) is 0.267. The lowest BCUT2D eigenvalue weighted by Crippen LogP contribution is -2.02. The first kappa shape index (κ1) is 13.2. The van der Waals surface area contributed by atoms with E-state index in [2.05, 4.69) is 11.6 Å². The van der Waals surface area contributed by atoms with E-state index in [0.717, 1.165) is 22.9 Å². The van der Waals surface area contributed by atoms with E-state index >= 15 is 0 Å². The van der Waals surface area contributed by atoms with Gasteiger partial charge >= 0.3 is 0 Å². The SMILES string of the molecule is C=CCCOc1c(OC)cc(N)c2nccc(C)c12. The highest BCUT2D eigenvalue weighted by atomic mass is 16.5. The van der Waals surface area contributed by atoms with Crippen molar-refractivity contribution in [1.82, 2.24) is 4.98 Å². The minimum Gasteiger partial charge on any atom is -0.493 e. The fourth-order valence-corrected chi connectivity index (χ4v) is 2.00. The Labute approximate surface area is 112 Å². The number of ether oxygens (including phenoxy) is 2. The molecule has 0 amide bonds. The first-order valence-electron chi connectivity index (χ1n) is 6.14. The van der Waals surface area contributed by atoms with Gasteiger partial charge in [-0.15, -0.1) is 6.58 Å². The van der Waals surface area contributed by atoms with Crippen molar-refractivity contribution >= 4 is 16.6 Å². The molecule has 0 atom stereocenters. The summed E-state index contributed by atoms with van der Waals surface area (Å²) in [6.45, 7) is 6.24. The van der Waals surface area contributed by atoms with Crippen molar-refractivity contribution < 1.29 is 9.47 Å². The van der Waals surface area contributed by atoms with E-state index in [1.165, 1.54) is 0 Å². The number of nitrogens with zero attached hydrogens (tertiary/aromatic N) is 1. The Bertz CT molecular complexity index is 609. The van der Waals surface area contributed by atoms with E-state index in [1.807, 2.05) is 19.1 Å². The highest BCUT2D eigenvalue weighted by molar-refractivity contribution is 5.98. The van der Waals surface area contributed by atoms with Gasteiger partial charge in [-0.25, -0.2) is 0 Å². The summed E-state index contributed by atoms with van der Waals surface area (Å²) < 4.78 is 11.2. The summed E-state index contributed by atoms with van der Waals surface area (Å²) in [7, 11) is 1.60. The summed E-state index contributed by atoms with van der Waals surface area (Å²) in [5, 5.41) is 0.906. The maximum atomic E-state index is 6.01. The minimum atomic E-state index is 0.549. The Balaban J connectivity index is 2.62. The minimum absolute atomic E-state index is 0.549. The molecule has 0 spiro atoms. The van der Waals surface area contributed by atoms with Crippen LogP contribution in [0.1, 0.15) is 12.0 Å². The predicted molar refractivity (Wildman–Crippen MR) is 77.8 cm³/mol. The molecule has 2 rings (SSSR count). The molecule has 0 fully saturated rings. The van der Waals surface area contributed by atoms with Gasteiger partial charge in [0.1, 0.15) is 0 Å². The van der Waals surface area contributed by atoms with Crippen molar-refractivity contribution in [3.8, 4) is 11.5 Å². The molecule has 100 valence electrons. The average molecular weight is 258 g/mol. The number of hydrogen-bond donors (Lipinski definition) is 1. The van der Waals surface area contributed by atoms with E-state index in [4.69, 9.17) is 15.2 Å². The van der Waals surface area contributed by atoms with Crippen LogP contribution >= 0.6 is 0 Å². The van der Waals surface area contributed by atoms with E-state index in [-0.39, 0.29) is 0 Å². The van der Waals surface area contributed by atoms with E-state index in [9.17, 15) is 0 Å². The summed E-state index contributed by atoms with van der Waals surface area (Å²) >= 11 is 0. The number of pyridine rings is 1. The van der Waals surface area contributed by atoms with Gasteiger partial charge < -0.3 is 15.2 Å². The van der Waals surface area contributed by atoms with E-state index in [0.29, 0.717) is 23.8 Å². The number of nitrogens with two attached hydrogens (primary N) is 1. The molecule has 0 aliphatic carbocycles. The molecular weight excluding hydrogens is 240 g/mol. The molecule has 19 heavy (non-hydrogen) atoms. The van der Waals surface area contributed by atoms with Crippen LogP contribution in [0.15, 0.2) is 31.0 Å². The van der Waals surface area contributed by atoms with E-state index < -0.39 is 0 Å². The van der Waals surface area contributed by atoms with Gasteiger partial charge in [-0.05, 0) is 25.0 Å². The monoisotopic (exact) mass is 258 g/mol. The molecule has 4 nitrogen and oxygen atoms in total. The molecule has 0 aliphatic rings. The molecule has 4 heteroatoms. The molecule has 0 aliphatic heterocycles. The third-order valence-electron chi connectivity index (χ3n) is 2.96. The summed E-state index contributed by atoms with van der Waals surface area (Å²) in [5.74, 6) is 1.32. The topological polar surface area (TPSA) is 57.4 Å². The Morgan fingerprint density at radius 1 is 1.47 bits per heavy atom. The number of nitrogen functional groups attached to an aromatic ring is 1. The van der Waals surface area contributed by atoms with Crippen LogP contribution in [0, 0.1) is 6.92 Å². The van der Waals surface area contributed by atoms with Crippen molar-refractivity contribution in [2.75, 3.05) is 19.5 Å². The molecule has 1 heterocycles. The van der Waals surface area contributed by atoms with Gasteiger partial charge in [0.15, 0.2) is 11.5 Å². The summed E-state index contributed by atoms with van der Waals surface area (Å²) in [4.78, 5) is 4.33. The first-order valence-corrected chi connectivity index (χ1v) is 6.14. The van der Waals surface area contributed by atoms with Crippen molar-refractivity contribution in [2.24, 2.45) is 0 Å². The van der Waals surface area contributed by atoms with Gasteiger partial charge in [-0.3, -0.25) is 4.98 Å². The van der Waals surface area contributed by atoms with Gasteiger partial charge in [0.05, 0.1) is 30.3 Å². The number of aromatic nitrogens is 1. The van der Waals surface area contributed by atoms with Crippen LogP contribution in [0.5, 0.6) is 11.5 Å². The number of anilines is 1.